The molecule has 0 unspecified atom stereocenters. The molecule has 0 saturated heterocycles. The fourth-order valence-corrected chi connectivity index (χ4v) is 1.38. The maximum atomic E-state index is 10.9. The minimum Gasteiger partial charge on any atom is -0.480 e. The zero-order chi connectivity index (χ0) is 11.8. The molecule has 0 radical (unpaired) electrons. The van der Waals surface area contributed by atoms with Crippen molar-refractivity contribution in [1.82, 2.24) is 10.3 Å². The number of hydrogen-bond donors (Lipinski definition) is 3. The molecule has 0 aliphatic rings. The monoisotopic (exact) mass is 223 g/mol. The number of carboxylic acids is 1. The molecule has 16 heavy (non-hydrogen) atoms. The third-order valence-electron chi connectivity index (χ3n) is 2.30. The molecule has 0 aromatic carbocycles. The summed E-state index contributed by atoms with van der Waals surface area (Å²) >= 11 is 0. The molecule has 0 aliphatic carbocycles. The first kappa shape index (κ1) is 12.6. The topological polar surface area (TPSA) is 88.2 Å². The molecule has 0 saturated carbocycles. The van der Waals surface area contributed by atoms with Crippen molar-refractivity contribution in [3.63, 3.8) is 0 Å². The van der Waals surface area contributed by atoms with Crippen LogP contribution >= 0.6 is 0 Å². The molecule has 5 nitrogen and oxygen atoms in total. The molecule has 0 aliphatic heterocycles. The highest BCUT2D eigenvalue weighted by molar-refractivity contribution is 5.73. The summed E-state index contributed by atoms with van der Waals surface area (Å²) in [5.74, 6) is -0.831. The van der Waals surface area contributed by atoms with Crippen molar-refractivity contribution in [2.45, 2.75) is 25.4 Å². The van der Waals surface area contributed by atoms with Gasteiger partial charge in [-0.15, -0.1) is 0 Å². The Morgan fingerprint density at radius 2 is 2.19 bits per heavy atom. The first-order chi connectivity index (χ1) is 7.74. The smallest absolute Gasteiger partial charge is 0.320 e. The van der Waals surface area contributed by atoms with Gasteiger partial charge >= 0.3 is 5.97 Å². The Kier molecular flexibility index (Phi) is 5.45. The van der Waals surface area contributed by atoms with E-state index in [0.29, 0.717) is 25.9 Å². The summed E-state index contributed by atoms with van der Waals surface area (Å²) in [5, 5.41) is 11.9. The highest BCUT2D eigenvalue weighted by Crippen LogP contribution is 2.00. The zero-order valence-electron chi connectivity index (χ0n) is 9.10. The largest absolute Gasteiger partial charge is 0.480 e. The van der Waals surface area contributed by atoms with E-state index in [1.165, 1.54) is 0 Å². The number of hydrogen-bond acceptors (Lipinski definition) is 4. The molecule has 88 valence electrons. The van der Waals surface area contributed by atoms with E-state index in [0.717, 1.165) is 5.56 Å². The van der Waals surface area contributed by atoms with Crippen molar-refractivity contribution >= 4 is 5.97 Å². The fraction of sp³-hybridized carbons (Fsp3) is 0.455. The van der Waals surface area contributed by atoms with Crippen molar-refractivity contribution in [1.29, 1.82) is 0 Å². The molecule has 0 spiro atoms. The number of carboxylic acid groups (broad SMARTS) is 1. The number of nitrogens with zero attached hydrogens (tertiary/aromatic N) is 1. The first-order valence-corrected chi connectivity index (χ1v) is 5.29. The van der Waals surface area contributed by atoms with E-state index in [2.05, 4.69) is 10.3 Å². The highest BCUT2D eigenvalue weighted by Gasteiger charge is 2.15. The minimum absolute atomic E-state index is 0.515. The second kappa shape index (κ2) is 6.92. The van der Waals surface area contributed by atoms with Gasteiger partial charge in [0.25, 0.3) is 0 Å². The number of aromatic nitrogens is 1. The van der Waals surface area contributed by atoms with Crippen molar-refractivity contribution in [3.8, 4) is 0 Å². The van der Waals surface area contributed by atoms with Crippen LogP contribution in [0, 0.1) is 0 Å². The van der Waals surface area contributed by atoms with Crippen LogP contribution in [0.3, 0.4) is 0 Å². The lowest BCUT2D eigenvalue weighted by molar-refractivity contribution is -0.139. The van der Waals surface area contributed by atoms with Crippen LogP contribution in [-0.2, 0) is 11.3 Å². The van der Waals surface area contributed by atoms with E-state index in [4.69, 9.17) is 10.8 Å². The van der Waals surface area contributed by atoms with Gasteiger partial charge in [-0.2, -0.15) is 0 Å². The Morgan fingerprint density at radius 1 is 1.50 bits per heavy atom. The van der Waals surface area contributed by atoms with Crippen LogP contribution in [0.15, 0.2) is 24.5 Å². The van der Waals surface area contributed by atoms with Crippen LogP contribution in [0.5, 0.6) is 0 Å². The summed E-state index contributed by atoms with van der Waals surface area (Å²) < 4.78 is 0. The van der Waals surface area contributed by atoms with Crippen molar-refractivity contribution in [3.05, 3.63) is 30.1 Å². The van der Waals surface area contributed by atoms with Crippen LogP contribution in [0.4, 0.5) is 0 Å². The van der Waals surface area contributed by atoms with Gasteiger partial charge in [0.1, 0.15) is 6.04 Å². The van der Waals surface area contributed by atoms with E-state index in [9.17, 15) is 4.79 Å². The fourth-order valence-electron chi connectivity index (χ4n) is 1.38. The van der Waals surface area contributed by atoms with Crippen LogP contribution in [0.2, 0.25) is 0 Å². The van der Waals surface area contributed by atoms with Gasteiger partial charge in [-0.25, -0.2) is 0 Å². The number of aliphatic carboxylic acids is 1. The summed E-state index contributed by atoms with van der Waals surface area (Å²) in [6.07, 6.45) is 4.64. The third kappa shape index (κ3) is 4.37. The molecular formula is C11H17N3O2. The Morgan fingerprint density at radius 3 is 2.75 bits per heavy atom. The lowest BCUT2D eigenvalue weighted by Crippen LogP contribution is -2.36. The normalized spacial score (nSPS) is 12.3. The molecule has 0 fully saturated rings. The van der Waals surface area contributed by atoms with Gasteiger partial charge in [-0.1, -0.05) is 0 Å². The predicted octanol–water partition coefficient (Wildman–Crippen LogP) is 0.363. The van der Waals surface area contributed by atoms with E-state index >= 15 is 0 Å². The summed E-state index contributed by atoms with van der Waals surface area (Å²) in [5.41, 5.74) is 6.38. The Bertz CT molecular complexity index is 316. The zero-order valence-corrected chi connectivity index (χ0v) is 9.10. The van der Waals surface area contributed by atoms with Gasteiger partial charge in [0.05, 0.1) is 0 Å². The number of nitrogens with one attached hydrogen (secondary N) is 1. The molecular weight excluding hydrogens is 206 g/mol. The molecule has 1 atom stereocenters. The second-order valence-electron chi connectivity index (χ2n) is 3.56. The van der Waals surface area contributed by atoms with E-state index in [1.807, 2.05) is 12.1 Å². The Labute approximate surface area is 94.7 Å². The maximum absolute atomic E-state index is 10.9. The van der Waals surface area contributed by atoms with Crippen LogP contribution in [0.1, 0.15) is 18.4 Å². The summed E-state index contributed by atoms with van der Waals surface area (Å²) in [6, 6.07) is 3.18. The van der Waals surface area contributed by atoms with Crippen molar-refractivity contribution in [2.24, 2.45) is 5.73 Å². The van der Waals surface area contributed by atoms with E-state index in [-0.39, 0.29) is 0 Å². The van der Waals surface area contributed by atoms with Gasteiger partial charge in [0.15, 0.2) is 0 Å². The standard InChI is InChI=1S/C11H17N3O2/c12-5-1-2-10(11(15)16)14-8-9-3-6-13-7-4-9/h3-4,6-7,10,14H,1-2,5,8,12H2,(H,15,16)/t10-/m0/s1. The number of rotatable bonds is 7. The van der Waals surface area contributed by atoms with Gasteiger partial charge < -0.3 is 16.2 Å². The number of carbonyl (C=O) groups is 1. The van der Waals surface area contributed by atoms with Gasteiger partial charge in [-0.05, 0) is 37.1 Å². The molecule has 0 bridgehead atoms. The molecule has 1 heterocycles. The summed E-state index contributed by atoms with van der Waals surface area (Å²) in [7, 11) is 0. The SMILES string of the molecule is NCCC[C@H](NCc1ccncc1)C(=O)O. The maximum Gasteiger partial charge on any atom is 0.320 e. The molecule has 5 heteroatoms. The Hall–Kier alpha value is -1.46. The van der Waals surface area contributed by atoms with E-state index in [1.54, 1.807) is 12.4 Å². The molecule has 4 N–H and O–H groups in total. The number of pyridine rings is 1. The summed E-state index contributed by atoms with van der Waals surface area (Å²) in [6.45, 7) is 1.05. The highest BCUT2D eigenvalue weighted by atomic mass is 16.4. The predicted molar refractivity (Wildman–Crippen MR) is 60.8 cm³/mol. The van der Waals surface area contributed by atoms with Crippen LogP contribution < -0.4 is 11.1 Å². The lowest BCUT2D eigenvalue weighted by Gasteiger charge is -2.13. The quantitative estimate of drug-likeness (QED) is 0.621. The molecule has 1 aromatic rings. The molecule has 1 aromatic heterocycles. The average Bonchev–Trinajstić information content (AvgIpc) is 2.30. The van der Waals surface area contributed by atoms with Crippen molar-refractivity contribution < 1.29 is 9.90 Å². The Balaban J connectivity index is 2.41. The first-order valence-electron chi connectivity index (χ1n) is 5.29. The van der Waals surface area contributed by atoms with Gasteiger partial charge in [0, 0.05) is 18.9 Å². The third-order valence-corrected chi connectivity index (χ3v) is 2.30. The lowest BCUT2D eigenvalue weighted by atomic mass is 10.1. The average molecular weight is 223 g/mol. The summed E-state index contributed by atoms with van der Waals surface area (Å²) in [4.78, 5) is 14.8. The number of nitrogens with two attached hydrogens (primary N) is 1. The molecule has 0 amide bonds. The van der Waals surface area contributed by atoms with Gasteiger partial charge in [0.2, 0.25) is 0 Å². The van der Waals surface area contributed by atoms with Crippen molar-refractivity contribution in [2.75, 3.05) is 6.54 Å². The second-order valence-corrected chi connectivity index (χ2v) is 3.56. The minimum atomic E-state index is -0.831. The molecule has 1 rings (SSSR count). The van der Waals surface area contributed by atoms with Crippen LogP contribution in [-0.4, -0.2) is 28.6 Å². The van der Waals surface area contributed by atoms with Crippen LogP contribution in [0.25, 0.3) is 0 Å². The van der Waals surface area contributed by atoms with Gasteiger partial charge in [-0.3, -0.25) is 9.78 Å². The van der Waals surface area contributed by atoms with E-state index < -0.39 is 12.0 Å².